The quantitative estimate of drug-likeness (QED) is 0.509. The molecule has 1 unspecified atom stereocenters. The van der Waals surface area contributed by atoms with Crippen molar-refractivity contribution in [3.63, 3.8) is 0 Å². The summed E-state index contributed by atoms with van der Waals surface area (Å²) >= 11 is 0. The lowest BCUT2D eigenvalue weighted by molar-refractivity contribution is 0.104. The topological polar surface area (TPSA) is 9.23 Å². The number of benzene rings is 1. The third kappa shape index (κ3) is 4.83. The van der Waals surface area contributed by atoms with Crippen LogP contribution in [0.15, 0.2) is 24.0 Å². The maximum absolute atomic E-state index is 13.3. The second-order valence-electron chi connectivity index (χ2n) is 7.91. The summed E-state index contributed by atoms with van der Waals surface area (Å²) in [6, 6.07) is 2.16. The number of rotatable bonds is 6. The number of ether oxygens (including phenoxy) is 1. The van der Waals surface area contributed by atoms with Gasteiger partial charge in [-0.25, -0.2) is 13.2 Å². The number of hydrogen-bond acceptors (Lipinski definition) is 1. The molecule has 0 radical (unpaired) electrons. The molecule has 1 atom stereocenters. The fourth-order valence-corrected chi connectivity index (χ4v) is 4.46. The van der Waals surface area contributed by atoms with E-state index >= 15 is 0 Å². The van der Waals surface area contributed by atoms with Crippen LogP contribution in [0.5, 0.6) is 0 Å². The van der Waals surface area contributed by atoms with Crippen LogP contribution < -0.4 is 0 Å². The highest BCUT2D eigenvalue weighted by Crippen LogP contribution is 2.38. The monoisotopic (exact) mass is 366 g/mol. The average Bonchev–Trinajstić information content (AvgIpc) is 2.66. The number of halogens is 3. The molecule has 0 spiro atoms. The van der Waals surface area contributed by atoms with E-state index in [4.69, 9.17) is 4.74 Å². The fraction of sp³-hybridized carbons (Fsp3) is 0.636. The molecule has 2 aliphatic rings. The molecular formula is C22H29F3O. The zero-order valence-electron chi connectivity index (χ0n) is 15.6. The molecule has 0 amide bonds. The fourth-order valence-electron chi connectivity index (χ4n) is 4.46. The molecule has 1 saturated carbocycles. The Kier molecular flexibility index (Phi) is 6.66. The third-order valence-corrected chi connectivity index (χ3v) is 6.03. The molecule has 3 rings (SSSR count). The summed E-state index contributed by atoms with van der Waals surface area (Å²) in [5, 5.41) is 0. The highest BCUT2D eigenvalue weighted by atomic mass is 19.2. The molecule has 0 saturated heterocycles. The van der Waals surface area contributed by atoms with Gasteiger partial charge in [0, 0.05) is 0 Å². The van der Waals surface area contributed by atoms with Gasteiger partial charge in [0.05, 0.1) is 12.4 Å². The molecule has 1 aliphatic heterocycles. The van der Waals surface area contributed by atoms with Crippen LogP contribution in [-0.2, 0) is 11.2 Å². The average molecular weight is 366 g/mol. The van der Waals surface area contributed by atoms with Crippen LogP contribution in [-0.4, -0.2) is 6.10 Å². The van der Waals surface area contributed by atoms with Gasteiger partial charge in [0.2, 0.25) is 0 Å². The minimum absolute atomic E-state index is 0.0753. The van der Waals surface area contributed by atoms with E-state index in [0.29, 0.717) is 24.3 Å². The molecule has 144 valence electrons. The van der Waals surface area contributed by atoms with Gasteiger partial charge in [-0.05, 0) is 86.5 Å². The predicted octanol–water partition coefficient (Wildman–Crippen LogP) is 6.71. The van der Waals surface area contributed by atoms with E-state index in [1.54, 1.807) is 0 Å². The lowest BCUT2D eigenvalue weighted by Gasteiger charge is -2.33. The molecule has 0 bridgehead atoms. The Morgan fingerprint density at radius 2 is 1.65 bits per heavy atom. The summed E-state index contributed by atoms with van der Waals surface area (Å²) in [6.07, 6.45) is 13.1. The SMILES string of the molecule is CCCC1CCC(C2=COC(CCc3cc(F)c(F)c(F)c3)CC2)CC1. The summed E-state index contributed by atoms with van der Waals surface area (Å²) < 4.78 is 45.5. The van der Waals surface area contributed by atoms with Crippen LogP contribution in [0.25, 0.3) is 0 Å². The van der Waals surface area contributed by atoms with Crippen molar-refractivity contribution in [2.24, 2.45) is 11.8 Å². The Balaban J connectivity index is 1.46. The molecule has 1 heterocycles. The zero-order chi connectivity index (χ0) is 18.5. The summed E-state index contributed by atoms with van der Waals surface area (Å²) in [7, 11) is 0. The summed E-state index contributed by atoms with van der Waals surface area (Å²) in [6.45, 7) is 2.26. The van der Waals surface area contributed by atoms with Gasteiger partial charge >= 0.3 is 0 Å². The van der Waals surface area contributed by atoms with Gasteiger partial charge in [0.25, 0.3) is 0 Å². The molecule has 4 heteroatoms. The molecule has 1 aromatic rings. The standard InChI is InChI=1S/C22H29F3O/c1-2-3-15-4-7-17(8-5-15)18-9-11-19(26-14-18)10-6-16-12-20(23)22(25)21(24)13-16/h12-15,17,19H,2-11H2,1H3. The first kappa shape index (κ1) is 19.3. The van der Waals surface area contributed by atoms with Gasteiger partial charge in [-0.15, -0.1) is 0 Å². The highest BCUT2D eigenvalue weighted by molar-refractivity contribution is 5.19. The van der Waals surface area contributed by atoms with Crippen molar-refractivity contribution < 1.29 is 17.9 Å². The smallest absolute Gasteiger partial charge is 0.194 e. The lowest BCUT2D eigenvalue weighted by Crippen LogP contribution is -2.21. The lowest BCUT2D eigenvalue weighted by atomic mass is 9.76. The van der Waals surface area contributed by atoms with Gasteiger partial charge in [-0.2, -0.15) is 0 Å². The van der Waals surface area contributed by atoms with Crippen molar-refractivity contribution in [2.45, 2.75) is 77.2 Å². The highest BCUT2D eigenvalue weighted by Gasteiger charge is 2.26. The second kappa shape index (κ2) is 8.96. The summed E-state index contributed by atoms with van der Waals surface area (Å²) in [4.78, 5) is 0. The Morgan fingerprint density at radius 1 is 0.962 bits per heavy atom. The van der Waals surface area contributed by atoms with E-state index in [2.05, 4.69) is 6.92 Å². The molecule has 1 aliphatic carbocycles. The van der Waals surface area contributed by atoms with Gasteiger partial charge < -0.3 is 4.74 Å². The molecule has 0 aromatic heterocycles. The van der Waals surface area contributed by atoms with Crippen LogP contribution in [0.2, 0.25) is 0 Å². The van der Waals surface area contributed by atoms with Gasteiger partial charge in [0.15, 0.2) is 17.5 Å². The molecule has 0 N–H and O–H groups in total. The van der Waals surface area contributed by atoms with Crippen molar-refractivity contribution in [3.8, 4) is 0 Å². The molecule has 1 fully saturated rings. The largest absolute Gasteiger partial charge is 0.498 e. The molecule has 26 heavy (non-hydrogen) atoms. The minimum atomic E-state index is -1.40. The van der Waals surface area contributed by atoms with Crippen LogP contribution in [0, 0.1) is 29.3 Å². The third-order valence-electron chi connectivity index (χ3n) is 6.03. The van der Waals surface area contributed by atoms with Crippen LogP contribution in [0.1, 0.15) is 70.3 Å². The Labute approximate surface area is 154 Å². The van der Waals surface area contributed by atoms with Crippen molar-refractivity contribution in [3.05, 3.63) is 47.0 Å². The molecule has 1 aromatic carbocycles. The van der Waals surface area contributed by atoms with E-state index in [1.165, 1.54) is 44.1 Å². The summed E-state index contributed by atoms with van der Waals surface area (Å²) in [5.41, 5.74) is 1.92. The first-order valence-corrected chi connectivity index (χ1v) is 10.0. The van der Waals surface area contributed by atoms with Crippen molar-refractivity contribution >= 4 is 0 Å². The minimum Gasteiger partial charge on any atom is -0.498 e. The Morgan fingerprint density at radius 3 is 2.23 bits per heavy atom. The first-order valence-electron chi connectivity index (χ1n) is 10.0. The van der Waals surface area contributed by atoms with Crippen molar-refractivity contribution in [1.82, 2.24) is 0 Å². The Bertz CT molecular complexity index is 609. The van der Waals surface area contributed by atoms with E-state index in [9.17, 15) is 13.2 Å². The maximum Gasteiger partial charge on any atom is 0.194 e. The van der Waals surface area contributed by atoms with E-state index in [-0.39, 0.29) is 6.10 Å². The molecular weight excluding hydrogens is 337 g/mol. The van der Waals surface area contributed by atoms with Gasteiger partial charge in [-0.1, -0.05) is 19.8 Å². The normalized spacial score (nSPS) is 26.3. The number of aryl methyl sites for hydroxylation is 1. The van der Waals surface area contributed by atoms with E-state index in [1.807, 2.05) is 6.26 Å². The second-order valence-corrected chi connectivity index (χ2v) is 7.91. The zero-order valence-corrected chi connectivity index (χ0v) is 15.6. The van der Waals surface area contributed by atoms with Crippen molar-refractivity contribution in [1.29, 1.82) is 0 Å². The van der Waals surface area contributed by atoms with Crippen molar-refractivity contribution in [2.75, 3.05) is 0 Å². The Hall–Kier alpha value is -1.45. The van der Waals surface area contributed by atoms with E-state index in [0.717, 1.165) is 30.9 Å². The van der Waals surface area contributed by atoms with Crippen LogP contribution in [0.4, 0.5) is 13.2 Å². The van der Waals surface area contributed by atoms with Crippen LogP contribution in [0.3, 0.4) is 0 Å². The van der Waals surface area contributed by atoms with Crippen LogP contribution >= 0.6 is 0 Å². The maximum atomic E-state index is 13.3. The molecule has 1 nitrogen and oxygen atoms in total. The number of hydrogen-bond donors (Lipinski definition) is 0. The predicted molar refractivity (Wildman–Crippen MR) is 97.2 cm³/mol. The summed E-state index contributed by atoms with van der Waals surface area (Å²) in [5.74, 6) is -2.06. The van der Waals surface area contributed by atoms with Gasteiger partial charge in [-0.3, -0.25) is 0 Å². The number of allylic oxidation sites excluding steroid dienone is 1. The van der Waals surface area contributed by atoms with Gasteiger partial charge in [0.1, 0.15) is 0 Å². The van der Waals surface area contributed by atoms with E-state index < -0.39 is 17.5 Å². The first-order chi connectivity index (χ1) is 12.6.